The first-order chi connectivity index (χ1) is 7.83. The minimum atomic E-state index is 0.954. The zero-order valence-electron chi connectivity index (χ0n) is 8.40. The fourth-order valence-electron chi connectivity index (χ4n) is 1.75. The second-order valence-corrected chi connectivity index (χ2v) is 5.42. The average Bonchev–Trinajstić information content (AvgIpc) is 2.86. The second kappa shape index (κ2) is 4.03. The van der Waals surface area contributed by atoms with Crippen molar-refractivity contribution in [3.63, 3.8) is 0 Å². The molecule has 0 bridgehead atoms. The van der Waals surface area contributed by atoms with E-state index in [0.717, 1.165) is 16.5 Å². The van der Waals surface area contributed by atoms with Crippen LogP contribution in [-0.4, -0.2) is 9.97 Å². The molecule has 3 aromatic rings. The highest BCUT2D eigenvalue weighted by Crippen LogP contribution is 2.24. The van der Waals surface area contributed by atoms with Gasteiger partial charge in [0.2, 0.25) is 0 Å². The number of halogens is 1. The highest BCUT2D eigenvalue weighted by molar-refractivity contribution is 9.10. The Hall–Kier alpha value is -1.13. The Kier molecular flexibility index (Phi) is 2.53. The lowest BCUT2D eigenvalue weighted by Gasteiger charge is -1.99. The SMILES string of the molecule is Brc1ccc(Cc2c[nH]c3ncsc23)cc1. The molecule has 3 rings (SSSR count). The summed E-state index contributed by atoms with van der Waals surface area (Å²) in [7, 11) is 0. The maximum Gasteiger partial charge on any atom is 0.148 e. The van der Waals surface area contributed by atoms with Crippen LogP contribution in [0, 0.1) is 0 Å². The summed E-state index contributed by atoms with van der Waals surface area (Å²) in [5.41, 5.74) is 5.51. The Balaban J connectivity index is 1.95. The fraction of sp³-hybridized carbons (Fsp3) is 0.0833. The van der Waals surface area contributed by atoms with Gasteiger partial charge in [-0.2, -0.15) is 0 Å². The molecule has 0 aliphatic heterocycles. The van der Waals surface area contributed by atoms with E-state index in [4.69, 9.17) is 0 Å². The number of hydrogen-bond acceptors (Lipinski definition) is 2. The van der Waals surface area contributed by atoms with Gasteiger partial charge < -0.3 is 4.98 Å². The molecule has 4 heteroatoms. The predicted molar refractivity (Wildman–Crippen MR) is 70.9 cm³/mol. The Morgan fingerprint density at radius 1 is 1.25 bits per heavy atom. The van der Waals surface area contributed by atoms with E-state index < -0.39 is 0 Å². The molecule has 1 aromatic carbocycles. The van der Waals surface area contributed by atoms with Crippen molar-refractivity contribution in [2.75, 3.05) is 0 Å². The van der Waals surface area contributed by atoms with Gasteiger partial charge in [0.25, 0.3) is 0 Å². The van der Waals surface area contributed by atoms with Crippen LogP contribution in [0.5, 0.6) is 0 Å². The van der Waals surface area contributed by atoms with Crippen molar-refractivity contribution in [1.82, 2.24) is 9.97 Å². The van der Waals surface area contributed by atoms with Gasteiger partial charge in [-0.25, -0.2) is 4.98 Å². The molecule has 0 fully saturated rings. The van der Waals surface area contributed by atoms with E-state index in [1.807, 2.05) is 5.51 Å². The topological polar surface area (TPSA) is 28.7 Å². The molecule has 0 aliphatic rings. The van der Waals surface area contributed by atoms with Crippen LogP contribution in [0.3, 0.4) is 0 Å². The molecule has 2 heterocycles. The molecule has 0 amide bonds. The van der Waals surface area contributed by atoms with Crippen LogP contribution < -0.4 is 0 Å². The summed E-state index contributed by atoms with van der Waals surface area (Å²) in [5.74, 6) is 0. The largest absolute Gasteiger partial charge is 0.345 e. The Bertz CT molecular complexity index is 609. The van der Waals surface area contributed by atoms with Crippen molar-refractivity contribution in [3.8, 4) is 0 Å². The molecule has 2 nitrogen and oxygen atoms in total. The van der Waals surface area contributed by atoms with Crippen LogP contribution in [-0.2, 0) is 6.42 Å². The highest BCUT2D eigenvalue weighted by atomic mass is 79.9. The van der Waals surface area contributed by atoms with Gasteiger partial charge in [-0.1, -0.05) is 28.1 Å². The number of rotatable bonds is 2. The Morgan fingerprint density at radius 2 is 2.06 bits per heavy atom. The average molecular weight is 293 g/mol. The number of hydrogen-bond donors (Lipinski definition) is 1. The summed E-state index contributed by atoms with van der Waals surface area (Å²) >= 11 is 5.13. The van der Waals surface area contributed by atoms with Crippen LogP contribution in [0.25, 0.3) is 10.3 Å². The minimum absolute atomic E-state index is 0.954. The standard InChI is InChI=1S/C12H9BrN2S/c13-10-3-1-8(2-4-10)5-9-6-14-12-11(9)16-7-15-12/h1-4,6-7,14H,5H2. The lowest BCUT2D eigenvalue weighted by atomic mass is 10.1. The van der Waals surface area contributed by atoms with E-state index >= 15 is 0 Å². The van der Waals surface area contributed by atoms with E-state index in [-0.39, 0.29) is 0 Å². The van der Waals surface area contributed by atoms with Crippen molar-refractivity contribution < 1.29 is 0 Å². The van der Waals surface area contributed by atoms with Crippen molar-refractivity contribution in [1.29, 1.82) is 0 Å². The number of nitrogens with one attached hydrogen (secondary N) is 1. The zero-order chi connectivity index (χ0) is 11.0. The first kappa shape index (κ1) is 10.1. The molecular formula is C12H9BrN2S. The molecule has 0 aliphatic carbocycles. The summed E-state index contributed by atoms with van der Waals surface area (Å²) < 4.78 is 2.39. The number of nitrogens with zero attached hydrogens (tertiary/aromatic N) is 1. The van der Waals surface area contributed by atoms with Crippen molar-refractivity contribution >= 4 is 37.6 Å². The van der Waals surface area contributed by atoms with Crippen molar-refractivity contribution in [2.45, 2.75) is 6.42 Å². The second-order valence-electron chi connectivity index (χ2n) is 3.65. The van der Waals surface area contributed by atoms with Gasteiger partial charge in [0, 0.05) is 17.1 Å². The highest BCUT2D eigenvalue weighted by Gasteiger charge is 2.06. The van der Waals surface area contributed by atoms with Crippen LogP contribution in [0.4, 0.5) is 0 Å². The number of aromatic amines is 1. The number of benzene rings is 1. The lowest BCUT2D eigenvalue weighted by molar-refractivity contribution is 1.20. The van der Waals surface area contributed by atoms with Crippen LogP contribution in [0.15, 0.2) is 40.4 Å². The van der Waals surface area contributed by atoms with Gasteiger partial charge >= 0.3 is 0 Å². The van der Waals surface area contributed by atoms with E-state index in [1.54, 1.807) is 11.3 Å². The normalized spacial score (nSPS) is 11.1. The molecule has 0 saturated carbocycles. The maximum atomic E-state index is 4.25. The van der Waals surface area contributed by atoms with E-state index in [9.17, 15) is 0 Å². The van der Waals surface area contributed by atoms with Gasteiger partial charge in [0.15, 0.2) is 0 Å². The predicted octanol–water partition coefficient (Wildman–Crippen LogP) is 3.98. The van der Waals surface area contributed by atoms with Gasteiger partial charge in [0.05, 0.1) is 10.2 Å². The third kappa shape index (κ3) is 1.79. The van der Waals surface area contributed by atoms with Crippen LogP contribution >= 0.6 is 27.3 Å². The summed E-state index contributed by atoms with van der Waals surface area (Å²) in [6.45, 7) is 0. The van der Waals surface area contributed by atoms with Gasteiger partial charge in [-0.3, -0.25) is 0 Å². The molecule has 0 spiro atoms. The summed E-state index contributed by atoms with van der Waals surface area (Å²) in [6.07, 6.45) is 3.01. The van der Waals surface area contributed by atoms with Gasteiger partial charge in [0.1, 0.15) is 5.65 Å². The molecule has 0 unspecified atom stereocenters. The first-order valence-electron chi connectivity index (χ1n) is 4.97. The number of fused-ring (bicyclic) bond motifs is 1. The summed E-state index contributed by atoms with van der Waals surface area (Å²) in [6, 6.07) is 8.44. The number of H-pyrrole nitrogens is 1. The molecule has 1 N–H and O–H groups in total. The monoisotopic (exact) mass is 292 g/mol. The Morgan fingerprint density at radius 3 is 2.88 bits per heavy atom. The molecule has 0 saturated heterocycles. The number of thiazole rings is 1. The lowest BCUT2D eigenvalue weighted by Crippen LogP contribution is -1.84. The molecule has 80 valence electrons. The third-order valence-corrected chi connectivity index (χ3v) is 3.98. The first-order valence-corrected chi connectivity index (χ1v) is 6.64. The molecular weight excluding hydrogens is 284 g/mol. The minimum Gasteiger partial charge on any atom is -0.345 e. The molecule has 0 radical (unpaired) electrons. The number of aromatic nitrogens is 2. The van der Waals surface area contributed by atoms with Crippen LogP contribution in [0.2, 0.25) is 0 Å². The Labute approximate surface area is 105 Å². The quantitative estimate of drug-likeness (QED) is 0.760. The molecule has 0 atom stereocenters. The molecule has 2 aromatic heterocycles. The zero-order valence-corrected chi connectivity index (χ0v) is 10.8. The van der Waals surface area contributed by atoms with Crippen molar-refractivity contribution in [2.24, 2.45) is 0 Å². The fourth-order valence-corrected chi connectivity index (χ4v) is 2.78. The van der Waals surface area contributed by atoms with Crippen molar-refractivity contribution in [3.05, 3.63) is 51.6 Å². The summed E-state index contributed by atoms with van der Waals surface area (Å²) in [4.78, 5) is 7.44. The smallest absolute Gasteiger partial charge is 0.148 e. The van der Waals surface area contributed by atoms with E-state index in [1.165, 1.54) is 15.8 Å². The summed E-state index contributed by atoms with van der Waals surface area (Å²) in [5, 5.41) is 0. The molecule has 16 heavy (non-hydrogen) atoms. The van der Waals surface area contributed by atoms with Crippen LogP contribution in [0.1, 0.15) is 11.1 Å². The van der Waals surface area contributed by atoms with Gasteiger partial charge in [-0.15, -0.1) is 11.3 Å². The van der Waals surface area contributed by atoms with Gasteiger partial charge in [-0.05, 0) is 23.3 Å². The maximum absolute atomic E-state index is 4.25. The third-order valence-electron chi connectivity index (χ3n) is 2.55. The van der Waals surface area contributed by atoms with E-state index in [2.05, 4.69) is 56.4 Å². The van der Waals surface area contributed by atoms with E-state index in [0.29, 0.717) is 0 Å².